The van der Waals surface area contributed by atoms with Crippen molar-refractivity contribution in [1.29, 1.82) is 0 Å². The lowest BCUT2D eigenvalue weighted by molar-refractivity contribution is -0.0565. The molecule has 11 aliphatic carbocycles. The molecule has 0 aromatic heterocycles. The molecular formula is C57H94. The third kappa shape index (κ3) is 8.21. The summed E-state index contributed by atoms with van der Waals surface area (Å²) in [6.45, 7) is 0. The highest BCUT2D eigenvalue weighted by Gasteiger charge is 2.59. The van der Waals surface area contributed by atoms with E-state index in [1.54, 1.807) is 225 Å². The van der Waals surface area contributed by atoms with Gasteiger partial charge >= 0.3 is 0 Å². The smallest absolute Gasteiger partial charge is 0.0318 e. The van der Waals surface area contributed by atoms with E-state index < -0.39 is 0 Å². The van der Waals surface area contributed by atoms with E-state index in [2.05, 4.69) is 0 Å². The second-order valence-corrected chi connectivity index (χ2v) is 25.5. The molecule has 11 saturated carbocycles. The first-order valence-electron chi connectivity index (χ1n) is 28.2. The molecule has 0 bridgehead atoms. The first-order chi connectivity index (χ1) is 28.2. The van der Waals surface area contributed by atoms with Crippen LogP contribution in [0.3, 0.4) is 0 Å². The normalized spacial score (nSPS) is 50.6. The van der Waals surface area contributed by atoms with Gasteiger partial charge in [0.05, 0.1) is 0 Å². The summed E-state index contributed by atoms with van der Waals surface area (Å²) < 4.78 is 0. The van der Waals surface area contributed by atoms with Crippen LogP contribution in [0.25, 0.3) is 0 Å². The molecule has 0 aromatic rings. The second kappa shape index (κ2) is 18.0. The van der Waals surface area contributed by atoms with Crippen LogP contribution in [-0.4, -0.2) is 0 Å². The molecule has 0 spiro atoms. The molecule has 0 heteroatoms. The Morgan fingerprint density at radius 2 is 0.509 bits per heavy atom. The van der Waals surface area contributed by atoms with E-state index >= 15 is 0 Å². The van der Waals surface area contributed by atoms with Crippen molar-refractivity contribution in [3.8, 4) is 0 Å². The standard InChI is InChI=1S/C57H94/c1-4-13-38(14-5-1)42-20-12-21-47(33-42)52-29-30-54(57-55(52)37-48-28-23-41-19-10-11-22-53(41)56(48)57)51-35-49(40-17-8-3-9-18-40)34-50(36-51)46-27-26-44-31-43(24-25-45(44)32-46)39-15-6-2-7-16-39/h38-57H,1-37H2. The van der Waals surface area contributed by atoms with Crippen molar-refractivity contribution in [3.63, 3.8) is 0 Å². The molecular weight excluding hydrogens is 685 g/mol. The monoisotopic (exact) mass is 779 g/mol. The molecule has 0 amide bonds. The van der Waals surface area contributed by atoms with E-state index in [-0.39, 0.29) is 0 Å². The topological polar surface area (TPSA) is 0 Å². The van der Waals surface area contributed by atoms with Crippen molar-refractivity contribution >= 4 is 0 Å². The van der Waals surface area contributed by atoms with Crippen molar-refractivity contribution in [2.75, 3.05) is 0 Å². The number of fused-ring (bicyclic) bond motifs is 6. The minimum Gasteiger partial charge on any atom is -0.0533 e. The lowest BCUT2D eigenvalue weighted by Gasteiger charge is -2.55. The molecule has 0 aliphatic heterocycles. The minimum atomic E-state index is 1.10. The molecule has 11 rings (SSSR count). The summed E-state index contributed by atoms with van der Waals surface area (Å²) in [4.78, 5) is 0. The summed E-state index contributed by atoms with van der Waals surface area (Å²) >= 11 is 0. The van der Waals surface area contributed by atoms with Crippen LogP contribution in [-0.2, 0) is 0 Å². The van der Waals surface area contributed by atoms with Gasteiger partial charge in [-0.15, -0.1) is 0 Å². The van der Waals surface area contributed by atoms with E-state index in [0.717, 1.165) is 118 Å². The Morgan fingerprint density at radius 1 is 0.140 bits per heavy atom. The summed E-state index contributed by atoms with van der Waals surface area (Å²) in [6.07, 6.45) is 59.8. The molecule has 0 radical (unpaired) electrons. The van der Waals surface area contributed by atoms with Crippen LogP contribution in [0.1, 0.15) is 238 Å². The van der Waals surface area contributed by atoms with Crippen LogP contribution >= 0.6 is 0 Å². The maximum atomic E-state index is 1.71. The van der Waals surface area contributed by atoms with Gasteiger partial charge in [0.25, 0.3) is 0 Å². The molecule has 17 atom stereocenters. The molecule has 11 fully saturated rings. The Morgan fingerprint density at radius 3 is 1.18 bits per heavy atom. The Balaban J connectivity index is 0.842. The fourth-order valence-electron chi connectivity index (χ4n) is 21.0. The first kappa shape index (κ1) is 39.8. The third-order valence-electron chi connectivity index (χ3n) is 23.4. The van der Waals surface area contributed by atoms with E-state index in [0.29, 0.717) is 0 Å². The summed E-state index contributed by atoms with van der Waals surface area (Å²) in [7, 11) is 0. The minimum absolute atomic E-state index is 1.10. The second-order valence-electron chi connectivity index (χ2n) is 25.5. The molecule has 322 valence electrons. The summed E-state index contributed by atoms with van der Waals surface area (Å²) in [6, 6.07) is 0. The number of hydrogen-bond acceptors (Lipinski definition) is 0. The molecule has 0 N–H and O–H groups in total. The zero-order chi connectivity index (χ0) is 37.7. The van der Waals surface area contributed by atoms with E-state index in [4.69, 9.17) is 0 Å². The third-order valence-corrected chi connectivity index (χ3v) is 23.4. The van der Waals surface area contributed by atoms with Gasteiger partial charge in [0.2, 0.25) is 0 Å². The van der Waals surface area contributed by atoms with Gasteiger partial charge in [-0.1, -0.05) is 135 Å². The van der Waals surface area contributed by atoms with Gasteiger partial charge < -0.3 is 0 Å². The predicted molar refractivity (Wildman–Crippen MR) is 241 cm³/mol. The number of hydrogen-bond donors (Lipinski definition) is 0. The zero-order valence-electron chi connectivity index (χ0n) is 37.7. The zero-order valence-corrected chi connectivity index (χ0v) is 37.7. The van der Waals surface area contributed by atoms with Crippen LogP contribution in [0.2, 0.25) is 0 Å². The van der Waals surface area contributed by atoms with Crippen LogP contribution in [0, 0.1) is 118 Å². The van der Waals surface area contributed by atoms with Gasteiger partial charge in [-0.3, -0.25) is 0 Å². The summed E-state index contributed by atoms with van der Waals surface area (Å²) in [5.41, 5.74) is 0. The average molecular weight is 779 g/mol. The summed E-state index contributed by atoms with van der Waals surface area (Å²) in [5, 5.41) is 0. The average Bonchev–Trinajstić information content (AvgIpc) is 3.70. The Hall–Kier alpha value is 0. The van der Waals surface area contributed by atoms with Gasteiger partial charge in [-0.2, -0.15) is 0 Å². The molecule has 0 heterocycles. The van der Waals surface area contributed by atoms with E-state index in [1.807, 2.05) is 0 Å². The fraction of sp³-hybridized carbons (Fsp3) is 1.00. The highest BCUT2D eigenvalue weighted by atomic mass is 14.6. The Kier molecular flexibility index (Phi) is 12.6. The highest BCUT2D eigenvalue weighted by molar-refractivity contribution is 5.08. The van der Waals surface area contributed by atoms with Crippen molar-refractivity contribution in [1.82, 2.24) is 0 Å². The van der Waals surface area contributed by atoms with Gasteiger partial charge in [0, 0.05) is 0 Å². The van der Waals surface area contributed by atoms with Crippen LogP contribution in [0.5, 0.6) is 0 Å². The van der Waals surface area contributed by atoms with Gasteiger partial charge in [-0.05, 0) is 221 Å². The molecule has 57 heavy (non-hydrogen) atoms. The van der Waals surface area contributed by atoms with E-state index in [9.17, 15) is 0 Å². The van der Waals surface area contributed by atoms with E-state index in [1.165, 1.54) is 12.8 Å². The van der Waals surface area contributed by atoms with Crippen LogP contribution < -0.4 is 0 Å². The SMILES string of the molecule is C1CCC(C2CCC3CC(C4CC(C5CCCCC5)CC(C5CCC(C6CCCC(C7CCCCC7)C6)C6CC7CCC8CCCCC8C7C56)C4)CCC3C2)CC1. The van der Waals surface area contributed by atoms with Crippen molar-refractivity contribution in [2.24, 2.45) is 118 Å². The Bertz CT molecular complexity index is 1260. The maximum absolute atomic E-state index is 1.71. The molecule has 17 unspecified atom stereocenters. The first-order valence-corrected chi connectivity index (χ1v) is 28.2. The Labute approximate surface area is 354 Å². The lowest BCUT2D eigenvalue weighted by Crippen LogP contribution is -2.47. The van der Waals surface area contributed by atoms with Gasteiger partial charge in [0.1, 0.15) is 0 Å². The number of rotatable bonds is 6. The van der Waals surface area contributed by atoms with Crippen LogP contribution in [0.4, 0.5) is 0 Å². The van der Waals surface area contributed by atoms with Crippen molar-refractivity contribution in [2.45, 2.75) is 238 Å². The lowest BCUT2D eigenvalue weighted by atomic mass is 9.50. The summed E-state index contributed by atoms with van der Waals surface area (Å²) in [5.74, 6) is 22.4. The van der Waals surface area contributed by atoms with Gasteiger partial charge in [-0.25, -0.2) is 0 Å². The van der Waals surface area contributed by atoms with Crippen LogP contribution in [0.15, 0.2) is 0 Å². The fourth-order valence-corrected chi connectivity index (χ4v) is 21.0. The van der Waals surface area contributed by atoms with Crippen molar-refractivity contribution in [3.05, 3.63) is 0 Å². The molecule has 0 nitrogen and oxygen atoms in total. The molecule has 0 aromatic carbocycles. The quantitative estimate of drug-likeness (QED) is 0.252. The molecule has 0 saturated heterocycles. The van der Waals surface area contributed by atoms with Gasteiger partial charge in [0.15, 0.2) is 0 Å². The molecule has 11 aliphatic rings. The highest BCUT2D eigenvalue weighted by Crippen LogP contribution is 2.67. The van der Waals surface area contributed by atoms with Crippen molar-refractivity contribution < 1.29 is 0 Å². The largest absolute Gasteiger partial charge is 0.0533 e. The maximum Gasteiger partial charge on any atom is -0.0318 e. The predicted octanol–water partition coefficient (Wildman–Crippen LogP) is 16.9.